The molecule has 2 aromatic heterocycles. The maximum atomic E-state index is 12.5. The van der Waals surface area contributed by atoms with Crippen LogP contribution in [-0.4, -0.2) is 27.3 Å². The SMILES string of the molecule is CCN(Cc1cccc(C)n1)C(=O)c1cnc(Cl)c(Cl)c1. The number of pyridine rings is 2. The normalized spacial score (nSPS) is 10.5. The average Bonchev–Trinajstić information content (AvgIpc) is 2.47. The third-order valence-electron chi connectivity index (χ3n) is 3.01. The van der Waals surface area contributed by atoms with Gasteiger partial charge in [0, 0.05) is 18.4 Å². The summed E-state index contributed by atoms with van der Waals surface area (Å²) in [5.41, 5.74) is 2.18. The molecule has 0 radical (unpaired) electrons. The maximum Gasteiger partial charge on any atom is 0.255 e. The largest absolute Gasteiger partial charge is 0.333 e. The maximum absolute atomic E-state index is 12.5. The van der Waals surface area contributed by atoms with Crippen LogP contribution < -0.4 is 0 Å². The molecule has 2 aromatic rings. The van der Waals surface area contributed by atoms with Gasteiger partial charge in [0.25, 0.3) is 5.91 Å². The molecule has 0 unspecified atom stereocenters. The van der Waals surface area contributed by atoms with Crippen molar-refractivity contribution in [3.8, 4) is 0 Å². The van der Waals surface area contributed by atoms with Gasteiger partial charge in [0.15, 0.2) is 0 Å². The van der Waals surface area contributed by atoms with Crippen LogP contribution in [0, 0.1) is 6.92 Å². The number of nitrogens with zero attached hydrogens (tertiary/aromatic N) is 3. The minimum atomic E-state index is -0.146. The highest BCUT2D eigenvalue weighted by atomic mass is 35.5. The van der Waals surface area contributed by atoms with Gasteiger partial charge in [0.1, 0.15) is 5.15 Å². The summed E-state index contributed by atoms with van der Waals surface area (Å²) in [5.74, 6) is -0.146. The van der Waals surface area contributed by atoms with Gasteiger partial charge < -0.3 is 4.90 Å². The molecule has 0 atom stereocenters. The van der Waals surface area contributed by atoms with Crippen LogP contribution in [0.2, 0.25) is 10.2 Å². The molecule has 0 saturated heterocycles. The van der Waals surface area contributed by atoms with Crippen LogP contribution in [0.4, 0.5) is 0 Å². The van der Waals surface area contributed by atoms with E-state index in [4.69, 9.17) is 23.2 Å². The fraction of sp³-hybridized carbons (Fsp3) is 0.267. The molecular formula is C15H15Cl2N3O. The lowest BCUT2D eigenvalue weighted by Crippen LogP contribution is -2.30. The Hall–Kier alpha value is -1.65. The Morgan fingerprint density at radius 1 is 1.33 bits per heavy atom. The van der Waals surface area contributed by atoms with E-state index in [0.717, 1.165) is 11.4 Å². The number of carbonyl (C=O) groups excluding carboxylic acids is 1. The van der Waals surface area contributed by atoms with E-state index in [-0.39, 0.29) is 16.1 Å². The Morgan fingerprint density at radius 3 is 2.71 bits per heavy atom. The highest BCUT2D eigenvalue weighted by Gasteiger charge is 2.16. The first-order chi connectivity index (χ1) is 10.0. The Balaban J connectivity index is 2.20. The molecule has 2 heterocycles. The van der Waals surface area contributed by atoms with Crippen LogP contribution in [0.5, 0.6) is 0 Å². The first-order valence-corrected chi connectivity index (χ1v) is 7.29. The van der Waals surface area contributed by atoms with E-state index in [9.17, 15) is 4.79 Å². The molecule has 4 nitrogen and oxygen atoms in total. The van der Waals surface area contributed by atoms with Crippen molar-refractivity contribution in [1.29, 1.82) is 0 Å². The van der Waals surface area contributed by atoms with Crippen molar-refractivity contribution >= 4 is 29.1 Å². The van der Waals surface area contributed by atoms with Crippen molar-refractivity contribution in [3.05, 3.63) is 57.6 Å². The predicted octanol–water partition coefficient (Wildman–Crippen LogP) is 3.75. The van der Waals surface area contributed by atoms with Crippen LogP contribution in [0.3, 0.4) is 0 Å². The molecule has 0 bridgehead atoms. The van der Waals surface area contributed by atoms with E-state index in [2.05, 4.69) is 9.97 Å². The molecule has 0 aliphatic rings. The monoisotopic (exact) mass is 323 g/mol. The van der Waals surface area contributed by atoms with E-state index in [0.29, 0.717) is 18.7 Å². The molecule has 0 spiro atoms. The molecule has 110 valence electrons. The third-order valence-corrected chi connectivity index (χ3v) is 3.70. The zero-order valence-electron chi connectivity index (χ0n) is 11.8. The minimum absolute atomic E-state index is 0.146. The van der Waals surface area contributed by atoms with E-state index in [1.165, 1.54) is 12.3 Å². The Bertz CT molecular complexity index is 661. The molecule has 2 rings (SSSR count). The van der Waals surface area contributed by atoms with E-state index < -0.39 is 0 Å². The van der Waals surface area contributed by atoms with Crippen molar-refractivity contribution in [1.82, 2.24) is 14.9 Å². The quantitative estimate of drug-likeness (QED) is 0.805. The van der Waals surface area contributed by atoms with Crippen LogP contribution >= 0.6 is 23.2 Å². The highest BCUT2D eigenvalue weighted by Crippen LogP contribution is 2.20. The second-order valence-electron chi connectivity index (χ2n) is 4.59. The first kappa shape index (κ1) is 15.7. The topological polar surface area (TPSA) is 46.1 Å². The number of amides is 1. The van der Waals surface area contributed by atoms with Crippen molar-refractivity contribution in [2.75, 3.05) is 6.54 Å². The van der Waals surface area contributed by atoms with Gasteiger partial charge in [0.2, 0.25) is 0 Å². The zero-order valence-corrected chi connectivity index (χ0v) is 13.3. The number of carbonyl (C=O) groups is 1. The molecule has 0 fully saturated rings. The summed E-state index contributed by atoms with van der Waals surface area (Å²) < 4.78 is 0. The smallest absolute Gasteiger partial charge is 0.255 e. The van der Waals surface area contributed by atoms with Gasteiger partial charge in [-0.15, -0.1) is 0 Å². The van der Waals surface area contributed by atoms with E-state index in [1.807, 2.05) is 32.0 Å². The van der Waals surface area contributed by atoms with Crippen molar-refractivity contribution in [3.63, 3.8) is 0 Å². The van der Waals surface area contributed by atoms with Crippen molar-refractivity contribution in [2.24, 2.45) is 0 Å². The van der Waals surface area contributed by atoms with Crippen LogP contribution in [-0.2, 0) is 6.54 Å². The lowest BCUT2D eigenvalue weighted by Gasteiger charge is -2.20. The number of rotatable bonds is 4. The van der Waals surface area contributed by atoms with Gasteiger partial charge >= 0.3 is 0 Å². The number of hydrogen-bond donors (Lipinski definition) is 0. The Labute approximate surface area is 133 Å². The van der Waals surface area contributed by atoms with Gasteiger partial charge in [-0.2, -0.15) is 0 Å². The fourth-order valence-corrected chi connectivity index (χ4v) is 2.20. The van der Waals surface area contributed by atoms with Crippen LogP contribution in [0.1, 0.15) is 28.7 Å². The van der Waals surface area contributed by atoms with Gasteiger partial charge in [-0.3, -0.25) is 9.78 Å². The molecule has 0 saturated carbocycles. The third kappa shape index (κ3) is 3.93. The van der Waals surface area contributed by atoms with Crippen molar-refractivity contribution < 1.29 is 4.79 Å². The lowest BCUT2D eigenvalue weighted by atomic mass is 10.2. The summed E-state index contributed by atoms with van der Waals surface area (Å²) in [4.78, 5) is 22.5. The second-order valence-corrected chi connectivity index (χ2v) is 5.35. The minimum Gasteiger partial charge on any atom is -0.333 e. The highest BCUT2D eigenvalue weighted by molar-refractivity contribution is 6.41. The molecule has 6 heteroatoms. The van der Waals surface area contributed by atoms with Gasteiger partial charge in [-0.05, 0) is 32.0 Å². The van der Waals surface area contributed by atoms with E-state index >= 15 is 0 Å². The second kappa shape index (κ2) is 6.87. The van der Waals surface area contributed by atoms with Crippen molar-refractivity contribution in [2.45, 2.75) is 20.4 Å². The van der Waals surface area contributed by atoms with Gasteiger partial charge in [-0.1, -0.05) is 29.3 Å². The van der Waals surface area contributed by atoms with E-state index in [1.54, 1.807) is 4.90 Å². The summed E-state index contributed by atoms with van der Waals surface area (Å²) in [5, 5.41) is 0.462. The standard InChI is InChI=1S/C15H15Cl2N3O/c1-3-20(9-12-6-4-5-10(2)19-12)15(21)11-7-13(16)14(17)18-8-11/h4-8H,3,9H2,1-2H3. The zero-order chi connectivity index (χ0) is 15.4. The summed E-state index contributed by atoms with van der Waals surface area (Å²) in [7, 11) is 0. The first-order valence-electron chi connectivity index (χ1n) is 6.54. The number of aromatic nitrogens is 2. The summed E-state index contributed by atoms with van der Waals surface area (Å²) in [6.07, 6.45) is 1.43. The fourth-order valence-electron chi connectivity index (χ4n) is 1.93. The lowest BCUT2D eigenvalue weighted by molar-refractivity contribution is 0.0750. The molecule has 21 heavy (non-hydrogen) atoms. The summed E-state index contributed by atoms with van der Waals surface area (Å²) >= 11 is 11.7. The predicted molar refractivity (Wildman–Crippen MR) is 83.6 cm³/mol. The molecular weight excluding hydrogens is 309 g/mol. The molecule has 0 aliphatic carbocycles. The number of hydrogen-bond acceptors (Lipinski definition) is 3. The molecule has 0 aliphatic heterocycles. The van der Waals surface area contributed by atoms with Crippen LogP contribution in [0.15, 0.2) is 30.5 Å². The summed E-state index contributed by atoms with van der Waals surface area (Å²) in [6.45, 7) is 4.84. The van der Waals surface area contributed by atoms with Gasteiger partial charge in [0.05, 0.1) is 22.8 Å². The Morgan fingerprint density at radius 2 is 2.10 bits per heavy atom. The van der Waals surface area contributed by atoms with Gasteiger partial charge in [-0.25, -0.2) is 4.98 Å². The average molecular weight is 324 g/mol. The number of halogens is 2. The Kier molecular flexibility index (Phi) is 5.15. The molecule has 0 N–H and O–H groups in total. The summed E-state index contributed by atoms with van der Waals surface area (Å²) in [6, 6.07) is 7.28. The molecule has 1 amide bonds. The number of aryl methyl sites for hydroxylation is 1. The van der Waals surface area contributed by atoms with Crippen LogP contribution in [0.25, 0.3) is 0 Å². The molecule has 0 aromatic carbocycles.